The first-order valence-corrected chi connectivity index (χ1v) is 10.3. The summed E-state index contributed by atoms with van der Waals surface area (Å²) in [5.74, 6) is 0.235. The average Bonchev–Trinajstić information content (AvgIpc) is 3.29. The zero-order chi connectivity index (χ0) is 21.2. The van der Waals surface area contributed by atoms with Crippen molar-refractivity contribution in [2.45, 2.75) is 25.9 Å². The lowest BCUT2D eigenvalue weighted by molar-refractivity contribution is 0.0857. The van der Waals surface area contributed by atoms with Crippen molar-refractivity contribution >= 4 is 17.5 Å². The Morgan fingerprint density at radius 1 is 1.07 bits per heavy atom. The number of hydrogen-bond donors (Lipinski definition) is 2. The molecule has 160 valence electrons. The number of amides is 2. The van der Waals surface area contributed by atoms with Gasteiger partial charge in [0.1, 0.15) is 12.4 Å². The quantitative estimate of drug-likeness (QED) is 0.585. The number of anilines is 1. The number of nitrogens with one attached hydrogen (secondary N) is 2. The van der Waals surface area contributed by atoms with E-state index in [1.54, 1.807) is 48.5 Å². The maximum absolute atomic E-state index is 12.5. The highest BCUT2D eigenvalue weighted by Crippen LogP contribution is 2.16. The molecule has 1 aliphatic rings. The van der Waals surface area contributed by atoms with E-state index in [1.807, 2.05) is 6.92 Å². The molecule has 0 spiro atoms. The van der Waals surface area contributed by atoms with Crippen LogP contribution in [0.2, 0.25) is 0 Å². The van der Waals surface area contributed by atoms with Gasteiger partial charge in [-0.05, 0) is 62.2 Å². The van der Waals surface area contributed by atoms with Crippen molar-refractivity contribution in [2.75, 3.05) is 38.3 Å². The molecule has 0 saturated carbocycles. The third-order valence-electron chi connectivity index (χ3n) is 4.71. The Hall–Kier alpha value is -2.90. The summed E-state index contributed by atoms with van der Waals surface area (Å²) in [5.41, 5.74) is 1.55. The summed E-state index contributed by atoms with van der Waals surface area (Å²) in [6.45, 7) is 4.81. The number of ether oxygens (including phenoxy) is 3. The van der Waals surface area contributed by atoms with Crippen LogP contribution in [-0.2, 0) is 9.47 Å². The van der Waals surface area contributed by atoms with Crippen molar-refractivity contribution < 1.29 is 23.8 Å². The van der Waals surface area contributed by atoms with E-state index in [9.17, 15) is 9.59 Å². The van der Waals surface area contributed by atoms with Crippen molar-refractivity contribution in [3.05, 3.63) is 59.7 Å². The smallest absolute Gasteiger partial charge is 0.255 e. The number of benzene rings is 2. The van der Waals surface area contributed by atoms with Crippen LogP contribution in [0.15, 0.2) is 48.5 Å². The lowest BCUT2D eigenvalue weighted by atomic mass is 10.1. The second-order valence-corrected chi connectivity index (χ2v) is 6.95. The van der Waals surface area contributed by atoms with Crippen molar-refractivity contribution in [1.29, 1.82) is 0 Å². The average molecular weight is 412 g/mol. The topological polar surface area (TPSA) is 85.9 Å². The van der Waals surface area contributed by atoms with Crippen molar-refractivity contribution in [1.82, 2.24) is 5.32 Å². The summed E-state index contributed by atoms with van der Waals surface area (Å²) < 4.78 is 16.3. The molecule has 1 aliphatic heterocycles. The highest BCUT2D eigenvalue weighted by molar-refractivity contribution is 6.05. The molecule has 7 heteroatoms. The van der Waals surface area contributed by atoms with E-state index in [-0.39, 0.29) is 17.9 Å². The van der Waals surface area contributed by atoms with Crippen molar-refractivity contribution in [3.63, 3.8) is 0 Å². The molecule has 30 heavy (non-hydrogen) atoms. The van der Waals surface area contributed by atoms with Crippen LogP contribution in [0.5, 0.6) is 5.75 Å². The van der Waals surface area contributed by atoms with Crippen LogP contribution in [0.1, 0.15) is 40.5 Å². The van der Waals surface area contributed by atoms with Crippen LogP contribution in [0.3, 0.4) is 0 Å². The fourth-order valence-corrected chi connectivity index (χ4v) is 3.12. The Morgan fingerprint density at radius 2 is 1.90 bits per heavy atom. The molecule has 3 rings (SSSR count). The van der Waals surface area contributed by atoms with E-state index in [0.29, 0.717) is 48.9 Å². The summed E-state index contributed by atoms with van der Waals surface area (Å²) in [5, 5.41) is 5.71. The molecule has 2 N–H and O–H groups in total. The van der Waals surface area contributed by atoms with Gasteiger partial charge in [0.2, 0.25) is 0 Å². The zero-order valence-electron chi connectivity index (χ0n) is 17.2. The summed E-state index contributed by atoms with van der Waals surface area (Å²) in [6.07, 6.45) is 2.08. The molecule has 1 saturated heterocycles. The predicted molar refractivity (Wildman–Crippen MR) is 114 cm³/mol. The maximum atomic E-state index is 12.5. The van der Waals surface area contributed by atoms with Crippen LogP contribution in [0.4, 0.5) is 5.69 Å². The summed E-state index contributed by atoms with van der Waals surface area (Å²) in [6, 6.07) is 13.8. The van der Waals surface area contributed by atoms with E-state index in [2.05, 4.69) is 10.6 Å². The van der Waals surface area contributed by atoms with E-state index < -0.39 is 0 Å². The zero-order valence-corrected chi connectivity index (χ0v) is 17.2. The molecular weight excluding hydrogens is 384 g/mol. The molecule has 1 heterocycles. The Balaban J connectivity index is 1.52. The molecule has 2 amide bonds. The highest BCUT2D eigenvalue weighted by Gasteiger charge is 2.17. The minimum atomic E-state index is -0.257. The summed E-state index contributed by atoms with van der Waals surface area (Å²) in [4.78, 5) is 24.9. The Kier molecular flexibility index (Phi) is 8.23. The fraction of sp³-hybridized carbons (Fsp3) is 0.391. The van der Waals surface area contributed by atoms with Crippen LogP contribution in [-0.4, -0.2) is 50.9 Å². The summed E-state index contributed by atoms with van der Waals surface area (Å²) >= 11 is 0. The van der Waals surface area contributed by atoms with Crippen LogP contribution in [0, 0.1) is 0 Å². The van der Waals surface area contributed by atoms with Gasteiger partial charge in [0.15, 0.2) is 0 Å². The van der Waals surface area contributed by atoms with E-state index in [0.717, 1.165) is 19.4 Å². The van der Waals surface area contributed by atoms with Gasteiger partial charge < -0.3 is 24.8 Å². The SMILES string of the molecule is CCOCCOc1ccc(C(=O)Nc2cccc(C(=O)NC[C@H]3CCCO3)c2)cc1. The molecule has 1 atom stereocenters. The van der Waals surface area contributed by atoms with Gasteiger partial charge in [0, 0.05) is 36.6 Å². The first kappa shape index (κ1) is 21.8. The van der Waals surface area contributed by atoms with Gasteiger partial charge in [0.05, 0.1) is 12.7 Å². The van der Waals surface area contributed by atoms with Crippen LogP contribution >= 0.6 is 0 Å². The third kappa shape index (κ3) is 6.57. The van der Waals surface area contributed by atoms with E-state index in [1.165, 1.54) is 0 Å². The Bertz CT molecular complexity index is 832. The summed E-state index contributed by atoms with van der Waals surface area (Å²) in [7, 11) is 0. The lowest BCUT2D eigenvalue weighted by Gasteiger charge is -2.12. The number of rotatable bonds is 10. The van der Waals surface area contributed by atoms with Crippen molar-refractivity contribution in [2.24, 2.45) is 0 Å². The third-order valence-corrected chi connectivity index (χ3v) is 4.71. The molecule has 0 unspecified atom stereocenters. The van der Waals surface area contributed by atoms with Crippen LogP contribution < -0.4 is 15.4 Å². The normalized spacial score (nSPS) is 15.6. The number of carbonyl (C=O) groups excluding carboxylic acids is 2. The van der Waals surface area contributed by atoms with E-state index in [4.69, 9.17) is 14.2 Å². The number of hydrogen-bond acceptors (Lipinski definition) is 5. The van der Waals surface area contributed by atoms with Gasteiger partial charge in [-0.1, -0.05) is 6.07 Å². The maximum Gasteiger partial charge on any atom is 0.255 e. The van der Waals surface area contributed by atoms with Gasteiger partial charge in [-0.3, -0.25) is 9.59 Å². The Labute approximate surface area is 176 Å². The molecule has 7 nitrogen and oxygen atoms in total. The van der Waals surface area contributed by atoms with Gasteiger partial charge in [-0.2, -0.15) is 0 Å². The second kappa shape index (κ2) is 11.3. The minimum absolute atomic E-state index is 0.0861. The first-order valence-electron chi connectivity index (χ1n) is 10.3. The lowest BCUT2D eigenvalue weighted by Crippen LogP contribution is -2.31. The molecule has 2 aromatic rings. The van der Waals surface area contributed by atoms with Gasteiger partial charge >= 0.3 is 0 Å². The largest absolute Gasteiger partial charge is 0.491 e. The second-order valence-electron chi connectivity index (χ2n) is 6.95. The Morgan fingerprint density at radius 3 is 2.63 bits per heavy atom. The van der Waals surface area contributed by atoms with Gasteiger partial charge in [-0.25, -0.2) is 0 Å². The molecule has 2 aromatic carbocycles. The molecule has 0 radical (unpaired) electrons. The van der Waals surface area contributed by atoms with E-state index >= 15 is 0 Å². The van der Waals surface area contributed by atoms with Crippen LogP contribution in [0.25, 0.3) is 0 Å². The fourth-order valence-electron chi connectivity index (χ4n) is 3.12. The minimum Gasteiger partial charge on any atom is -0.491 e. The molecule has 0 aliphatic carbocycles. The molecular formula is C23H28N2O5. The highest BCUT2D eigenvalue weighted by atomic mass is 16.5. The van der Waals surface area contributed by atoms with Crippen molar-refractivity contribution in [3.8, 4) is 5.75 Å². The first-order chi connectivity index (χ1) is 14.7. The monoisotopic (exact) mass is 412 g/mol. The number of carbonyl (C=O) groups is 2. The molecule has 1 fully saturated rings. The standard InChI is InChI=1S/C23H28N2O5/c1-2-28-13-14-30-20-10-8-17(9-11-20)23(27)25-19-6-3-5-18(15-19)22(26)24-16-21-7-4-12-29-21/h3,5-6,8-11,15,21H,2,4,7,12-14,16H2,1H3,(H,24,26)(H,25,27)/t21-/m1/s1. The predicted octanol–water partition coefficient (Wildman–Crippen LogP) is 3.26. The molecule has 0 bridgehead atoms. The molecule has 0 aromatic heterocycles. The van der Waals surface area contributed by atoms with Gasteiger partial charge in [0.25, 0.3) is 11.8 Å². The van der Waals surface area contributed by atoms with Gasteiger partial charge in [-0.15, -0.1) is 0 Å².